The number of aromatic nitrogens is 2. The zero-order valence-corrected chi connectivity index (χ0v) is 9.88. The number of methoxy groups -OCH3 is 1. The molecule has 0 aliphatic carbocycles. The Balaban J connectivity index is 2.21. The number of esters is 1. The Morgan fingerprint density at radius 2 is 2.62 bits per heavy atom. The molecule has 0 saturated carbocycles. The maximum atomic E-state index is 11.5. The van der Waals surface area contributed by atoms with Crippen LogP contribution < -0.4 is 0 Å². The van der Waals surface area contributed by atoms with Gasteiger partial charge in [0.1, 0.15) is 5.69 Å². The van der Waals surface area contributed by atoms with Gasteiger partial charge in [-0.3, -0.25) is 0 Å². The molecule has 1 aliphatic rings. The number of aromatic amines is 1. The number of rotatable bonds is 3. The molecule has 2 rings (SSSR count). The number of ether oxygens (including phenoxy) is 2. The highest BCUT2D eigenvalue weighted by atomic mass is 32.1. The molecule has 0 amide bonds. The number of H-pyrrole nitrogens is 1. The van der Waals surface area contributed by atoms with E-state index in [1.165, 1.54) is 7.11 Å². The summed E-state index contributed by atoms with van der Waals surface area (Å²) in [5.41, 5.74) is 0.447. The third-order valence-electron chi connectivity index (χ3n) is 2.67. The van der Waals surface area contributed by atoms with Crippen LogP contribution in [0.15, 0.2) is 6.20 Å². The minimum atomic E-state index is -0.384. The molecule has 1 atom stereocenters. The molecule has 0 radical (unpaired) electrons. The summed E-state index contributed by atoms with van der Waals surface area (Å²) in [5.74, 6) is -0.384. The van der Waals surface area contributed by atoms with Crippen molar-refractivity contribution >= 4 is 18.2 Å². The third-order valence-corrected chi connectivity index (χ3v) is 3.01. The Hall–Kier alpha value is -1.14. The highest BCUT2D eigenvalue weighted by molar-refractivity contribution is 7.71. The van der Waals surface area contributed by atoms with Crippen molar-refractivity contribution in [2.75, 3.05) is 13.7 Å². The first-order valence-corrected chi connectivity index (χ1v) is 5.61. The highest BCUT2D eigenvalue weighted by Crippen LogP contribution is 2.15. The zero-order valence-electron chi connectivity index (χ0n) is 9.06. The summed E-state index contributed by atoms with van der Waals surface area (Å²) >= 11 is 5.12. The molecule has 5 nitrogen and oxygen atoms in total. The molecule has 1 N–H and O–H groups in total. The van der Waals surface area contributed by atoms with Crippen LogP contribution in [0.1, 0.15) is 23.3 Å². The monoisotopic (exact) mass is 242 g/mol. The van der Waals surface area contributed by atoms with Gasteiger partial charge in [0.15, 0.2) is 4.77 Å². The number of hydrogen-bond donors (Lipinski definition) is 1. The van der Waals surface area contributed by atoms with Gasteiger partial charge in [0.05, 0.1) is 19.8 Å². The minimum absolute atomic E-state index is 0.144. The fourth-order valence-electron chi connectivity index (χ4n) is 1.84. The Morgan fingerprint density at radius 3 is 3.25 bits per heavy atom. The average molecular weight is 242 g/mol. The summed E-state index contributed by atoms with van der Waals surface area (Å²) in [6.07, 6.45) is 3.79. The van der Waals surface area contributed by atoms with E-state index in [2.05, 4.69) is 9.72 Å². The van der Waals surface area contributed by atoms with Gasteiger partial charge in [-0.2, -0.15) is 0 Å². The lowest BCUT2D eigenvalue weighted by molar-refractivity contribution is 0.0577. The number of hydrogen-bond acceptors (Lipinski definition) is 4. The molecule has 6 heteroatoms. The van der Waals surface area contributed by atoms with Gasteiger partial charge in [-0.15, -0.1) is 0 Å². The van der Waals surface area contributed by atoms with Crippen molar-refractivity contribution in [2.24, 2.45) is 0 Å². The van der Waals surface area contributed by atoms with Gasteiger partial charge in [0.25, 0.3) is 0 Å². The van der Waals surface area contributed by atoms with E-state index in [0.29, 0.717) is 17.0 Å². The second-order valence-electron chi connectivity index (χ2n) is 3.72. The molecule has 1 aliphatic heterocycles. The van der Waals surface area contributed by atoms with E-state index in [1.807, 2.05) is 0 Å². The summed E-state index contributed by atoms with van der Waals surface area (Å²) in [7, 11) is 1.36. The smallest absolute Gasteiger partial charge is 0.356 e. The molecule has 1 saturated heterocycles. The number of carbonyl (C=O) groups is 1. The number of imidazole rings is 1. The minimum Gasteiger partial charge on any atom is -0.464 e. The van der Waals surface area contributed by atoms with Crippen LogP contribution in [0.2, 0.25) is 0 Å². The van der Waals surface area contributed by atoms with Crippen molar-refractivity contribution in [2.45, 2.75) is 25.5 Å². The molecule has 1 aromatic rings. The summed E-state index contributed by atoms with van der Waals surface area (Å²) in [5, 5.41) is 0. The molecular formula is C10H14N2O3S. The molecule has 1 fully saturated rings. The predicted octanol–water partition coefficient (Wildman–Crippen LogP) is 1.51. The van der Waals surface area contributed by atoms with Crippen molar-refractivity contribution < 1.29 is 14.3 Å². The summed E-state index contributed by atoms with van der Waals surface area (Å²) in [4.78, 5) is 14.3. The van der Waals surface area contributed by atoms with Gasteiger partial charge >= 0.3 is 5.97 Å². The first kappa shape index (κ1) is 11.3. The summed E-state index contributed by atoms with van der Waals surface area (Å²) < 4.78 is 12.5. The standard InChI is InChI=1S/C10H14N2O3S/c1-14-9(13)8-5-11-10(16)12(8)6-7-3-2-4-15-7/h5,7H,2-4,6H2,1H3,(H,11,16). The van der Waals surface area contributed by atoms with Gasteiger partial charge in [-0.1, -0.05) is 0 Å². The molecule has 16 heavy (non-hydrogen) atoms. The first-order chi connectivity index (χ1) is 7.72. The van der Waals surface area contributed by atoms with Gasteiger partial charge < -0.3 is 19.0 Å². The van der Waals surface area contributed by atoms with E-state index in [4.69, 9.17) is 17.0 Å². The van der Waals surface area contributed by atoms with Gasteiger partial charge in [0.2, 0.25) is 0 Å². The van der Waals surface area contributed by atoms with Crippen LogP contribution in [0.3, 0.4) is 0 Å². The van der Waals surface area contributed by atoms with E-state index in [9.17, 15) is 4.79 Å². The second-order valence-corrected chi connectivity index (χ2v) is 4.10. The van der Waals surface area contributed by atoms with Crippen LogP contribution >= 0.6 is 12.2 Å². The SMILES string of the molecule is COC(=O)c1c[nH]c(=S)n1CC1CCCO1. The Kier molecular flexibility index (Phi) is 3.40. The topological polar surface area (TPSA) is 56.2 Å². The Morgan fingerprint density at radius 1 is 1.81 bits per heavy atom. The van der Waals surface area contributed by atoms with Crippen molar-refractivity contribution in [1.29, 1.82) is 0 Å². The molecule has 88 valence electrons. The summed E-state index contributed by atoms with van der Waals surface area (Å²) in [6, 6.07) is 0. The molecule has 0 spiro atoms. The maximum absolute atomic E-state index is 11.5. The first-order valence-electron chi connectivity index (χ1n) is 5.20. The number of nitrogens with zero attached hydrogens (tertiary/aromatic N) is 1. The average Bonchev–Trinajstić information content (AvgIpc) is 2.90. The van der Waals surface area contributed by atoms with Crippen molar-refractivity contribution in [1.82, 2.24) is 9.55 Å². The van der Waals surface area contributed by atoms with E-state index < -0.39 is 0 Å². The maximum Gasteiger partial charge on any atom is 0.356 e. The lowest BCUT2D eigenvalue weighted by Gasteiger charge is -2.12. The predicted molar refractivity (Wildman–Crippen MR) is 59.9 cm³/mol. The van der Waals surface area contributed by atoms with Crippen LogP contribution in [0, 0.1) is 4.77 Å². The van der Waals surface area contributed by atoms with Crippen LogP contribution in [-0.2, 0) is 16.0 Å². The van der Waals surface area contributed by atoms with Crippen LogP contribution in [0.5, 0.6) is 0 Å². The van der Waals surface area contributed by atoms with Crippen LogP contribution in [0.25, 0.3) is 0 Å². The fraction of sp³-hybridized carbons (Fsp3) is 0.600. The van der Waals surface area contributed by atoms with E-state index in [0.717, 1.165) is 19.4 Å². The van der Waals surface area contributed by atoms with E-state index in [-0.39, 0.29) is 12.1 Å². The van der Waals surface area contributed by atoms with Gasteiger partial charge in [-0.05, 0) is 25.1 Å². The highest BCUT2D eigenvalue weighted by Gasteiger charge is 2.20. The summed E-state index contributed by atoms with van der Waals surface area (Å²) in [6.45, 7) is 1.39. The normalized spacial score (nSPS) is 19.9. The van der Waals surface area contributed by atoms with Crippen LogP contribution in [-0.4, -0.2) is 35.3 Å². The Labute approximate surface area is 98.4 Å². The zero-order chi connectivity index (χ0) is 11.5. The molecule has 1 unspecified atom stereocenters. The van der Waals surface area contributed by atoms with Crippen LogP contribution in [0.4, 0.5) is 0 Å². The molecule has 2 heterocycles. The molecule has 0 bridgehead atoms. The lowest BCUT2D eigenvalue weighted by Crippen LogP contribution is -2.19. The fourth-order valence-corrected chi connectivity index (χ4v) is 2.07. The number of nitrogens with one attached hydrogen (secondary N) is 1. The molecule has 0 aromatic carbocycles. The molecular weight excluding hydrogens is 228 g/mol. The quantitative estimate of drug-likeness (QED) is 0.645. The number of carbonyl (C=O) groups excluding carboxylic acids is 1. The lowest BCUT2D eigenvalue weighted by atomic mass is 10.2. The van der Waals surface area contributed by atoms with Crippen molar-refractivity contribution in [3.05, 3.63) is 16.7 Å². The van der Waals surface area contributed by atoms with E-state index in [1.54, 1.807) is 10.8 Å². The Bertz CT molecular complexity index is 432. The molecule has 1 aromatic heterocycles. The van der Waals surface area contributed by atoms with Gasteiger partial charge in [0, 0.05) is 12.8 Å². The third kappa shape index (κ3) is 2.17. The largest absolute Gasteiger partial charge is 0.464 e. The second kappa shape index (κ2) is 4.80. The van der Waals surface area contributed by atoms with Crippen molar-refractivity contribution in [3.63, 3.8) is 0 Å². The van der Waals surface area contributed by atoms with Crippen molar-refractivity contribution in [3.8, 4) is 0 Å². The van der Waals surface area contributed by atoms with E-state index >= 15 is 0 Å². The van der Waals surface area contributed by atoms with Gasteiger partial charge in [-0.25, -0.2) is 4.79 Å².